The van der Waals surface area contributed by atoms with Crippen LogP contribution >= 0.6 is 0 Å². The van der Waals surface area contributed by atoms with Crippen molar-refractivity contribution in [2.24, 2.45) is 0 Å². The van der Waals surface area contributed by atoms with Crippen LogP contribution in [0.25, 0.3) is 0 Å². The van der Waals surface area contributed by atoms with Crippen LogP contribution in [0.3, 0.4) is 0 Å². The Hall–Kier alpha value is -2.73. The number of benzene rings is 2. The zero-order chi connectivity index (χ0) is 23.5. The van der Waals surface area contributed by atoms with Gasteiger partial charge in [0.1, 0.15) is 5.75 Å². The quantitative estimate of drug-likeness (QED) is 0.367. The molecule has 0 bridgehead atoms. The molecule has 0 aliphatic heterocycles. The summed E-state index contributed by atoms with van der Waals surface area (Å²) >= 11 is 0. The van der Waals surface area contributed by atoms with Gasteiger partial charge in [-0.1, -0.05) is 13.8 Å². The molecule has 12 heteroatoms. The Kier molecular flexibility index (Phi) is 7.60. The molecule has 0 radical (unpaired) electrons. The molecule has 2 aromatic carbocycles. The molecule has 0 atom stereocenters. The Morgan fingerprint density at radius 3 is 1.97 bits per heavy atom. The number of sulfonamides is 1. The number of nitrogens with zero attached hydrogens (tertiary/aromatic N) is 1. The normalized spacial score (nSPS) is 11.6. The molecule has 1 N–H and O–H groups in total. The molecule has 0 fully saturated rings. The van der Waals surface area contributed by atoms with E-state index in [1.807, 2.05) is 0 Å². The summed E-state index contributed by atoms with van der Waals surface area (Å²) in [4.78, 5) is 12.1. The molecule has 0 heterocycles. The minimum absolute atomic E-state index is 0.0178. The number of hydrogen-bond acceptors (Lipinski definition) is 4. The van der Waals surface area contributed by atoms with E-state index in [2.05, 4.69) is 5.32 Å². The average molecular weight is 466 g/mol. The van der Waals surface area contributed by atoms with E-state index in [1.54, 1.807) is 13.8 Å². The molecule has 6 nitrogen and oxygen atoms in total. The fourth-order valence-electron chi connectivity index (χ4n) is 2.82. The number of anilines is 1. The van der Waals surface area contributed by atoms with E-state index in [9.17, 15) is 35.2 Å². The Morgan fingerprint density at radius 1 is 0.968 bits per heavy atom. The number of methoxy groups -OCH3 is 1. The zero-order valence-corrected chi connectivity index (χ0v) is 17.5. The third-order valence-electron chi connectivity index (χ3n) is 4.43. The molecule has 0 unspecified atom stereocenters. The van der Waals surface area contributed by atoms with Gasteiger partial charge >= 0.3 is 0 Å². The number of amides is 1. The number of rotatable bonds is 8. The lowest BCUT2D eigenvalue weighted by Gasteiger charge is -2.19. The first-order chi connectivity index (χ1) is 14.5. The van der Waals surface area contributed by atoms with Crippen molar-refractivity contribution < 1.29 is 39.9 Å². The van der Waals surface area contributed by atoms with Crippen LogP contribution in [0.4, 0.5) is 27.6 Å². The molecule has 0 saturated carbocycles. The Morgan fingerprint density at radius 2 is 1.48 bits per heavy atom. The smallest absolute Gasteiger partial charge is 0.243 e. The number of carbonyl (C=O) groups excluding carboxylic acids is 1. The maximum atomic E-state index is 13.8. The van der Waals surface area contributed by atoms with Gasteiger partial charge in [0.25, 0.3) is 0 Å². The fourth-order valence-corrected chi connectivity index (χ4v) is 4.30. The largest absolute Gasteiger partial charge is 0.495 e. The lowest BCUT2D eigenvalue weighted by Crippen LogP contribution is -2.30. The van der Waals surface area contributed by atoms with Crippen LogP contribution in [0.5, 0.6) is 5.75 Å². The predicted molar refractivity (Wildman–Crippen MR) is 102 cm³/mol. The van der Waals surface area contributed by atoms with Gasteiger partial charge in [-0.25, -0.2) is 30.4 Å². The standard InChI is InChI=1S/C19H19F5N2O4S/c1-4-26(5-2)31(28,29)10-6-7-13(30-3)12(8-10)25-14(27)9-11-15(20)17(22)19(24)18(23)16(11)21/h6-8H,4-5,9H2,1-3H3,(H,25,27). The van der Waals surface area contributed by atoms with Crippen LogP contribution in [0.2, 0.25) is 0 Å². The third-order valence-corrected chi connectivity index (χ3v) is 6.47. The van der Waals surface area contributed by atoms with Crippen LogP contribution in [0, 0.1) is 29.1 Å². The zero-order valence-electron chi connectivity index (χ0n) is 16.7. The second kappa shape index (κ2) is 9.60. The summed E-state index contributed by atoms with van der Waals surface area (Å²) in [6.45, 7) is 3.65. The van der Waals surface area contributed by atoms with Gasteiger partial charge in [0, 0.05) is 18.7 Å². The van der Waals surface area contributed by atoms with E-state index >= 15 is 0 Å². The lowest BCUT2D eigenvalue weighted by molar-refractivity contribution is -0.115. The molecule has 2 aromatic rings. The number of hydrogen-bond donors (Lipinski definition) is 1. The topological polar surface area (TPSA) is 75.7 Å². The van der Waals surface area contributed by atoms with Crippen molar-refractivity contribution >= 4 is 21.6 Å². The first-order valence-electron chi connectivity index (χ1n) is 8.97. The lowest BCUT2D eigenvalue weighted by atomic mass is 10.1. The summed E-state index contributed by atoms with van der Waals surface area (Å²) in [6.07, 6.45) is -1.19. The Labute approximate surface area is 175 Å². The fraction of sp³-hybridized carbons (Fsp3) is 0.316. The van der Waals surface area contributed by atoms with Crippen molar-refractivity contribution in [2.45, 2.75) is 25.2 Å². The molecule has 0 spiro atoms. The van der Waals surface area contributed by atoms with Gasteiger partial charge in [0.15, 0.2) is 23.3 Å². The van der Waals surface area contributed by atoms with Crippen molar-refractivity contribution in [2.75, 3.05) is 25.5 Å². The highest BCUT2D eigenvalue weighted by atomic mass is 32.2. The van der Waals surface area contributed by atoms with E-state index in [0.717, 1.165) is 10.4 Å². The van der Waals surface area contributed by atoms with E-state index in [1.165, 1.54) is 19.2 Å². The maximum absolute atomic E-state index is 13.8. The van der Waals surface area contributed by atoms with E-state index < -0.39 is 57.0 Å². The van der Waals surface area contributed by atoms with E-state index in [4.69, 9.17) is 4.74 Å². The summed E-state index contributed by atoms with van der Waals surface area (Å²) in [5, 5.41) is 2.19. The van der Waals surface area contributed by atoms with Gasteiger partial charge < -0.3 is 10.1 Å². The molecule has 31 heavy (non-hydrogen) atoms. The highest BCUT2D eigenvalue weighted by Crippen LogP contribution is 2.30. The second-order valence-electron chi connectivity index (χ2n) is 6.22. The average Bonchev–Trinajstić information content (AvgIpc) is 2.74. The van der Waals surface area contributed by atoms with Gasteiger partial charge in [0.05, 0.1) is 24.1 Å². The molecule has 2 rings (SSSR count). The molecule has 1 amide bonds. The molecule has 0 aliphatic rings. The number of carbonyl (C=O) groups is 1. The van der Waals surface area contributed by atoms with Gasteiger partial charge in [-0.15, -0.1) is 0 Å². The van der Waals surface area contributed by atoms with Crippen molar-refractivity contribution in [1.82, 2.24) is 4.31 Å². The van der Waals surface area contributed by atoms with Gasteiger partial charge in [-0.05, 0) is 18.2 Å². The van der Waals surface area contributed by atoms with Crippen molar-refractivity contribution in [3.63, 3.8) is 0 Å². The summed E-state index contributed by atoms with van der Waals surface area (Å²) in [6, 6.07) is 3.57. The molecule has 170 valence electrons. The number of ether oxygens (including phenoxy) is 1. The molecular weight excluding hydrogens is 447 g/mol. The Bertz CT molecular complexity index is 1080. The number of halogens is 5. The Balaban J connectivity index is 2.40. The van der Waals surface area contributed by atoms with Gasteiger partial charge in [0.2, 0.25) is 21.7 Å². The monoisotopic (exact) mass is 466 g/mol. The second-order valence-corrected chi connectivity index (χ2v) is 8.16. The molecular formula is C19H19F5N2O4S. The van der Waals surface area contributed by atoms with Crippen molar-refractivity contribution in [3.8, 4) is 5.75 Å². The van der Waals surface area contributed by atoms with E-state index in [0.29, 0.717) is 0 Å². The first-order valence-corrected chi connectivity index (χ1v) is 10.4. The maximum Gasteiger partial charge on any atom is 0.243 e. The highest BCUT2D eigenvalue weighted by molar-refractivity contribution is 7.89. The van der Waals surface area contributed by atoms with Crippen molar-refractivity contribution in [1.29, 1.82) is 0 Å². The van der Waals surface area contributed by atoms with E-state index in [-0.39, 0.29) is 29.4 Å². The molecule has 0 saturated heterocycles. The summed E-state index contributed by atoms with van der Waals surface area (Å²) in [7, 11) is -2.68. The number of nitrogens with one attached hydrogen (secondary N) is 1. The van der Waals surface area contributed by atoms with Gasteiger partial charge in [-0.2, -0.15) is 4.31 Å². The predicted octanol–water partition coefficient (Wildman–Crippen LogP) is 3.60. The third kappa shape index (κ3) is 4.79. The summed E-state index contributed by atoms with van der Waals surface area (Å²) in [5.74, 6) is -12.1. The SMILES string of the molecule is CCN(CC)S(=O)(=O)c1ccc(OC)c(NC(=O)Cc2c(F)c(F)c(F)c(F)c2F)c1. The first kappa shape index (κ1) is 24.5. The summed E-state index contributed by atoms with van der Waals surface area (Å²) < 4.78 is 99.0. The highest BCUT2D eigenvalue weighted by Gasteiger charge is 2.28. The van der Waals surface area contributed by atoms with Crippen LogP contribution in [0.15, 0.2) is 23.1 Å². The van der Waals surface area contributed by atoms with Gasteiger partial charge in [-0.3, -0.25) is 4.79 Å². The molecule has 0 aliphatic carbocycles. The van der Waals surface area contributed by atoms with Crippen LogP contribution in [0.1, 0.15) is 19.4 Å². The minimum atomic E-state index is -3.91. The van der Waals surface area contributed by atoms with Crippen molar-refractivity contribution in [3.05, 3.63) is 52.8 Å². The molecule has 0 aromatic heterocycles. The summed E-state index contributed by atoms with van der Waals surface area (Å²) in [5.41, 5.74) is -1.48. The van der Waals surface area contributed by atoms with Crippen LogP contribution < -0.4 is 10.1 Å². The minimum Gasteiger partial charge on any atom is -0.495 e. The van der Waals surface area contributed by atoms with Crippen LogP contribution in [-0.2, 0) is 21.2 Å². The van der Waals surface area contributed by atoms with Crippen LogP contribution in [-0.4, -0.2) is 38.8 Å².